The number of amides is 1. The zero-order valence-electron chi connectivity index (χ0n) is 22.3. The number of aliphatic hydroxyl groups is 1. The molecule has 4 rings (SSSR count). The molecule has 0 aliphatic carbocycles. The number of rotatable bonds is 6. The van der Waals surface area contributed by atoms with Crippen LogP contribution in [0.4, 0.5) is 0 Å². The second-order valence-electron chi connectivity index (χ2n) is 10.8. The number of hydrogen-bond donors (Lipinski definition) is 1. The maximum atomic E-state index is 13.5. The number of likely N-dealkylation sites (tertiary alicyclic amines) is 1. The molecule has 1 atom stereocenters. The maximum absolute atomic E-state index is 13.5. The van der Waals surface area contributed by atoms with Crippen LogP contribution in [-0.4, -0.2) is 33.8 Å². The molecule has 1 saturated heterocycles. The van der Waals surface area contributed by atoms with Crippen molar-refractivity contribution in [3.8, 4) is 5.75 Å². The minimum absolute atomic E-state index is 0.0562. The fraction of sp³-hybridized carbons (Fsp3) is 0.323. The Morgan fingerprint density at radius 1 is 1.03 bits per heavy atom. The quantitative estimate of drug-likeness (QED) is 0.251. The lowest BCUT2D eigenvalue weighted by atomic mass is 9.85. The van der Waals surface area contributed by atoms with Crippen molar-refractivity contribution in [1.29, 1.82) is 0 Å². The van der Waals surface area contributed by atoms with Gasteiger partial charge in [0.2, 0.25) is 0 Å². The van der Waals surface area contributed by atoms with E-state index in [4.69, 9.17) is 4.74 Å². The summed E-state index contributed by atoms with van der Waals surface area (Å²) in [5.41, 5.74) is 3.97. The molecule has 1 N–H and O–H groups in total. The van der Waals surface area contributed by atoms with Crippen molar-refractivity contribution in [2.75, 3.05) is 7.11 Å². The van der Waals surface area contributed by atoms with Crippen LogP contribution in [-0.2, 0) is 21.5 Å². The molecule has 1 aliphatic rings. The zero-order valence-corrected chi connectivity index (χ0v) is 22.3. The molecule has 6 nitrogen and oxygen atoms in total. The Morgan fingerprint density at radius 3 is 2.24 bits per heavy atom. The molecule has 2 aromatic carbocycles. The van der Waals surface area contributed by atoms with E-state index in [2.05, 4.69) is 39.6 Å². The van der Waals surface area contributed by atoms with Gasteiger partial charge < -0.3 is 14.7 Å². The normalized spacial score (nSPS) is 17.5. The Labute approximate surface area is 218 Å². The van der Waals surface area contributed by atoms with E-state index in [0.29, 0.717) is 17.2 Å². The van der Waals surface area contributed by atoms with Crippen molar-refractivity contribution in [2.45, 2.75) is 58.5 Å². The van der Waals surface area contributed by atoms with Crippen molar-refractivity contribution >= 4 is 17.4 Å². The van der Waals surface area contributed by atoms with E-state index in [1.54, 1.807) is 18.5 Å². The molecule has 3 aromatic rings. The molecular formula is C31H34N2O4. The minimum atomic E-state index is -0.752. The highest BCUT2D eigenvalue weighted by Gasteiger charge is 2.46. The second-order valence-corrected chi connectivity index (χ2v) is 10.8. The first-order valence-corrected chi connectivity index (χ1v) is 12.5. The SMILES string of the molecule is COc1ccc(C(C)(C)C)cc1/C(O)=C1\C(=O)C(=O)N(Cc2ccncc2)C1c1ccc(C(C)C)cc1. The number of benzene rings is 2. The van der Waals surface area contributed by atoms with Crippen LogP contribution in [0.25, 0.3) is 5.76 Å². The van der Waals surface area contributed by atoms with Gasteiger partial charge in [-0.2, -0.15) is 0 Å². The highest BCUT2D eigenvalue weighted by molar-refractivity contribution is 6.46. The van der Waals surface area contributed by atoms with Crippen LogP contribution in [0.15, 0.2) is 72.6 Å². The summed E-state index contributed by atoms with van der Waals surface area (Å²) < 4.78 is 5.55. The molecular weight excluding hydrogens is 464 g/mol. The van der Waals surface area contributed by atoms with E-state index in [1.807, 2.05) is 48.5 Å². The first-order chi connectivity index (χ1) is 17.5. The molecule has 37 heavy (non-hydrogen) atoms. The molecule has 0 spiro atoms. The van der Waals surface area contributed by atoms with E-state index >= 15 is 0 Å². The van der Waals surface area contributed by atoms with Crippen LogP contribution < -0.4 is 4.74 Å². The Balaban J connectivity index is 1.92. The third-order valence-corrected chi connectivity index (χ3v) is 6.88. The Morgan fingerprint density at radius 2 is 1.68 bits per heavy atom. The van der Waals surface area contributed by atoms with Gasteiger partial charge >= 0.3 is 0 Å². The molecule has 0 bridgehead atoms. The molecule has 1 unspecified atom stereocenters. The van der Waals surface area contributed by atoms with Crippen molar-refractivity contribution in [3.05, 3.63) is 100 Å². The number of ketones is 1. The molecule has 0 saturated carbocycles. The molecule has 0 radical (unpaired) electrons. The summed E-state index contributed by atoms with van der Waals surface area (Å²) in [5, 5.41) is 11.7. The first kappa shape index (κ1) is 26.1. The van der Waals surface area contributed by atoms with Gasteiger partial charge in [0.15, 0.2) is 0 Å². The largest absolute Gasteiger partial charge is 0.507 e. The van der Waals surface area contributed by atoms with E-state index in [0.717, 1.165) is 22.3 Å². The highest BCUT2D eigenvalue weighted by atomic mass is 16.5. The number of aliphatic hydroxyl groups excluding tert-OH is 1. The monoisotopic (exact) mass is 498 g/mol. The van der Waals surface area contributed by atoms with Gasteiger partial charge in [-0.25, -0.2) is 0 Å². The number of aromatic nitrogens is 1. The molecule has 6 heteroatoms. The number of pyridine rings is 1. The molecule has 192 valence electrons. The summed E-state index contributed by atoms with van der Waals surface area (Å²) in [6.07, 6.45) is 3.31. The number of hydrogen-bond acceptors (Lipinski definition) is 5. The summed E-state index contributed by atoms with van der Waals surface area (Å²) in [6, 6.07) is 16.3. The highest BCUT2D eigenvalue weighted by Crippen LogP contribution is 2.42. The van der Waals surface area contributed by atoms with E-state index in [9.17, 15) is 14.7 Å². The van der Waals surface area contributed by atoms with Crippen LogP contribution in [0.5, 0.6) is 5.75 Å². The van der Waals surface area contributed by atoms with E-state index in [1.165, 1.54) is 12.0 Å². The molecule has 1 aliphatic heterocycles. The Kier molecular flexibility index (Phi) is 7.21. The average molecular weight is 499 g/mol. The third kappa shape index (κ3) is 5.15. The topological polar surface area (TPSA) is 79.7 Å². The van der Waals surface area contributed by atoms with Gasteiger partial charge in [-0.05, 0) is 57.9 Å². The number of ether oxygens (including phenoxy) is 1. The van der Waals surface area contributed by atoms with Gasteiger partial charge in [0, 0.05) is 18.9 Å². The first-order valence-electron chi connectivity index (χ1n) is 12.5. The van der Waals surface area contributed by atoms with Gasteiger partial charge in [-0.3, -0.25) is 14.6 Å². The van der Waals surface area contributed by atoms with E-state index in [-0.39, 0.29) is 23.3 Å². The van der Waals surface area contributed by atoms with Crippen LogP contribution in [0, 0.1) is 0 Å². The fourth-order valence-corrected chi connectivity index (χ4v) is 4.64. The van der Waals surface area contributed by atoms with Crippen LogP contribution >= 0.6 is 0 Å². The number of Topliss-reactive ketones (excluding diaryl/α,β-unsaturated/α-hetero) is 1. The predicted molar refractivity (Wildman–Crippen MR) is 144 cm³/mol. The standard InChI is InChI=1S/C31H34N2O4/c1-19(2)21-7-9-22(10-8-21)27-26(29(35)30(36)33(27)18-20-13-15-32-16-14-20)28(34)24-17-23(31(3,4)5)11-12-25(24)37-6/h7-17,19,27,34H,18H2,1-6H3/b28-26+. The predicted octanol–water partition coefficient (Wildman–Crippen LogP) is 6.13. The molecule has 2 heterocycles. The van der Waals surface area contributed by atoms with Crippen molar-refractivity contribution in [3.63, 3.8) is 0 Å². The molecule has 1 amide bonds. The van der Waals surface area contributed by atoms with Crippen LogP contribution in [0.3, 0.4) is 0 Å². The van der Waals surface area contributed by atoms with Crippen molar-refractivity contribution in [1.82, 2.24) is 9.88 Å². The second kappa shape index (κ2) is 10.2. The lowest BCUT2D eigenvalue weighted by Crippen LogP contribution is -2.29. The fourth-order valence-electron chi connectivity index (χ4n) is 4.64. The average Bonchev–Trinajstić information content (AvgIpc) is 3.13. The van der Waals surface area contributed by atoms with E-state index < -0.39 is 17.7 Å². The lowest BCUT2D eigenvalue weighted by molar-refractivity contribution is -0.140. The number of carbonyl (C=O) groups excluding carboxylic acids is 2. The molecule has 1 fully saturated rings. The minimum Gasteiger partial charge on any atom is -0.507 e. The maximum Gasteiger partial charge on any atom is 0.295 e. The van der Waals surface area contributed by atoms with Crippen LogP contribution in [0.1, 0.15) is 74.4 Å². The summed E-state index contributed by atoms with van der Waals surface area (Å²) in [4.78, 5) is 32.5. The molecule has 1 aromatic heterocycles. The summed E-state index contributed by atoms with van der Waals surface area (Å²) >= 11 is 0. The van der Waals surface area contributed by atoms with Crippen molar-refractivity contribution in [2.24, 2.45) is 0 Å². The third-order valence-electron chi connectivity index (χ3n) is 6.88. The smallest absolute Gasteiger partial charge is 0.295 e. The number of carbonyl (C=O) groups is 2. The Hall–Kier alpha value is -3.93. The van der Waals surface area contributed by atoms with Crippen molar-refractivity contribution < 1.29 is 19.4 Å². The summed E-state index contributed by atoms with van der Waals surface area (Å²) in [7, 11) is 1.52. The van der Waals surface area contributed by atoms with Gasteiger partial charge in [0.1, 0.15) is 11.5 Å². The lowest BCUT2D eigenvalue weighted by Gasteiger charge is -2.26. The summed E-state index contributed by atoms with van der Waals surface area (Å²) in [6.45, 7) is 10.6. The zero-order chi connectivity index (χ0) is 26.9. The summed E-state index contributed by atoms with van der Waals surface area (Å²) in [5.74, 6) is -0.840. The van der Waals surface area contributed by atoms with Crippen LogP contribution in [0.2, 0.25) is 0 Å². The Bertz CT molecular complexity index is 1340. The number of nitrogens with zero attached hydrogens (tertiary/aromatic N) is 2. The van der Waals surface area contributed by atoms with Gasteiger partial charge in [0.05, 0.1) is 24.3 Å². The number of methoxy groups -OCH3 is 1. The van der Waals surface area contributed by atoms with Gasteiger partial charge in [-0.1, -0.05) is 65.0 Å². The van der Waals surface area contributed by atoms with Gasteiger partial charge in [-0.15, -0.1) is 0 Å². The van der Waals surface area contributed by atoms with Gasteiger partial charge in [0.25, 0.3) is 11.7 Å².